The Kier molecular flexibility index (Phi) is 8.74. The number of piperidine rings is 1. The predicted molar refractivity (Wildman–Crippen MR) is 183 cm³/mol. The lowest BCUT2D eigenvalue weighted by molar-refractivity contribution is -0.120. The van der Waals surface area contributed by atoms with E-state index in [2.05, 4.69) is 36.0 Å². The Balaban J connectivity index is 1.10. The van der Waals surface area contributed by atoms with Crippen molar-refractivity contribution in [2.24, 2.45) is 10.2 Å². The van der Waals surface area contributed by atoms with E-state index in [4.69, 9.17) is 4.74 Å². The van der Waals surface area contributed by atoms with E-state index < -0.39 is 5.91 Å². The highest BCUT2D eigenvalue weighted by Gasteiger charge is 2.35. The SMILES string of the molecule is O=C(COc1ccc(N2C(=O)CSC2c2ccc(Br)cc2)c2cccnc12)N=Nc1c(O)n(CN2CCCCC2)c2ccccc12. The molecule has 0 spiro atoms. The van der Waals surface area contributed by atoms with Gasteiger partial charge in [0.05, 0.1) is 23.6 Å². The summed E-state index contributed by atoms with van der Waals surface area (Å²) in [7, 11) is 0. The second-order valence-electron chi connectivity index (χ2n) is 11.3. The number of carbonyl (C=O) groups is 2. The topological polar surface area (TPSA) is 113 Å². The summed E-state index contributed by atoms with van der Waals surface area (Å²) in [5.41, 5.74) is 3.36. The number of azo groups is 1. The Morgan fingerprint density at radius 2 is 1.78 bits per heavy atom. The predicted octanol–water partition coefficient (Wildman–Crippen LogP) is 7.57. The van der Waals surface area contributed by atoms with Crippen molar-refractivity contribution >= 4 is 72.7 Å². The molecule has 0 aliphatic carbocycles. The molecule has 10 nitrogen and oxygen atoms in total. The van der Waals surface area contributed by atoms with Crippen LogP contribution in [0.3, 0.4) is 0 Å². The molecule has 0 bridgehead atoms. The first-order valence-corrected chi connectivity index (χ1v) is 17.0. The Morgan fingerprint density at radius 1 is 1.00 bits per heavy atom. The van der Waals surface area contributed by atoms with E-state index in [1.165, 1.54) is 6.42 Å². The maximum Gasteiger partial charge on any atom is 0.302 e. The first kappa shape index (κ1) is 30.4. The number of para-hydroxylation sites is 1. The van der Waals surface area contributed by atoms with Crippen molar-refractivity contribution in [2.75, 3.05) is 30.3 Å². The van der Waals surface area contributed by atoms with Gasteiger partial charge in [-0.15, -0.1) is 22.0 Å². The van der Waals surface area contributed by atoms with Gasteiger partial charge in [0, 0.05) is 21.4 Å². The molecular formula is C34H31BrN6O4S. The first-order valence-electron chi connectivity index (χ1n) is 15.1. The molecule has 2 saturated heterocycles. The summed E-state index contributed by atoms with van der Waals surface area (Å²) in [6.07, 6.45) is 5.14. The number of fused-ring (bicyclic) bond motifs is 2. The van der Waals surface area contributed by atoms with Crippen LogP contribution < -0.4 is 9.64 Å². The number of thioether (sulfide) groups is 1. The molecule has 46 heavy (non-hydrogen) atoms. The van der Waals surface area contributed by atoms with Crippen LogP contribution in [-0.4, -0.2) is 56.8 Å². The molecule has 2 aliphatic rings. The largest absolute Gasteiger partial charge is 0.493 e. The van der Waals surface area contributed by atoms with Gasteiger partial charge in [0.1, 0.15) is 16.6 Å². The number of carbonyl (C=O) groups excluding carboxylic acids is 2. The third-order valence-corrected chi connectivity index (χ3v) is 10.1. The number of halogens is 1. The molecule has 1 atom stereocenters. The van der Waals surface area contributed by atoms with E-state index in [1.54, 1.807) is 28.9 Å². The number of benzene rings is 3. The molecule has 2 aliphatic heterocycles. The van der Waals surface area contributed by atoms with E-state index in [0.717, 1.165) is 57.9 Å². The number of hydrogen-bond acceptors (Lipinski definition) is 8. The Morgan fingerprint density at radius 3 is 2.61 bits per heavy atom. The van der Waals surface area contributed by atoms with E-state index in [0.29, 0.717) is 23.7 Å². The van der Waals surface area contributed by atoms with Gasteiger partial charge >= 0.3 is 5.91 Å². The van der Waals surface area contributed by atoms with Gasteiger partial charge in [0.2, 0.25) is 11.8 Å². The zero-order valence-corrected chi connectivity index (χ0v) is 27.3. The molecule has 3 aromatic carbocycles. The fraction of sp³-hybridized carbons (Fsp3) is 0.265. The molecule has 7 rings (SSSR count). The number of ether oxygens (including phenoxy) is 1. The monoisotopic (exact) mass is 698 g/mol. The van der Waals surface area contributed by atoms with Crippen LogP contribution in [0.5, 0.6) is 11.6 Å². The molecule has 234 valence electrons. The van der Waals surface area contributed by atoms with Crippen LogP contribution in [0.2, 0.25) is 0 Å². The number of pyridine rings is 1. The number of likely N-dealkylation sites (tertiary alicyclic amines) is 1. The highest BCUT2D eigenvalue weighted by atomic mass is 79.9. The minimum absolute atomic E-state index is 0.00728. The van der Waals surface area contributed by atoms with Gasteiger partial charge in [-0.2, -0.15) is 0 Å². The van der Waals surface area contributed by atoms with E-state index in [1.807, 2.05) is 71.3 Å². The summed E-state index contributed by atoms with van der Waals surface area (Å²) in [6.45, 7) is 2.12. The average Bonchev–Trinajstić information content (AvgIpc) is 3.59. The number of aromatic hydroxyl groups is 1. The fourth-order valence-corrected chi connectivity index (χ4v) is 7.54. The van der Waals surface area contributed by atoms with Crippen molar-refractivity contribution in [3.8, 4) is 11.6 Å². The van der Waals surface area contributed by atoms with Crippen molar-refractivity contribution in [3.63, 3.8) is 0 Å². The summed E-state index contributed by atoms with van der Waals surface area (Å²) >= 11 is 5.06. The normalized spacial score (nSPS) is 17.5. The molecular weight excluding hydrogens is 668 g/mol. The van der Waals surface area contributed by atoms with Crippen LogP contribution in [0.1, 0.15) is 30.2 Å². The summed E-state index contributed by atoms with van der Waals surface area (Å²) < 4.78 is 8.70. The summed E-state index contributed by atoms with van der Waals surface area (Å²) in [5, 5.41) is 20.5. The molecule has 2 aromatic heterocycles. The molecule has 1 N–H and O–H groups in total. The lowest BCUT2D eigenvalue weighted by Gasteiger charge is -2.27. The summed E-state index contributed by atoms with van der Waals surface area (Å²) in [6, 6.07) is 22.8. The Hall–Kier alpha value is -4.26. The van der Waals surface area contributed by atoms with Crippen LogP contribution in [-0.2, 0) is 16.3 Å². The Bertz CT molecular complexity index is 1960. The van der Waals surface area contributed by atoms with Crippen molar-refractivity contribution in [2.45, 2.75) is 31.3 Å². The van der Waals surface area contributed by atoms with Gasteiger partial charge in [0.15, 0.2) is 12.3 Å². The second-order valence-corrected chi connectivity index (χ2v) is 13.3. The number of nitrogens with zero attached hydrogens (tertiary/aromatic N) is 6. The van der Waals surface area contributed by atoms with E-state index in [9.17, 15) is 14.7 Å². The zero-order chi connectivity index (χ0) is 31.6. The standard InChI is InChI=1S/C34H31BrN6O4S/c35-23-12-10-22(11-13-23)34-41(30(43)20-46-34)27-14-15-28(31-25(27)8-6-16-36-31)45-19-29(42)37-38-32-24-7-2-3-9-26(24)40(33(32)44)21-39-17-4-1-5-18-39/h2-3,6-16,34,44H,1,4-5,17-21H2. The van der Waals surface area contributed by atoms with Gasteiger partial charge in [-0.1, -0.05) is 52.7 Å². The minimum atomic E-state index is -0.609. The lowest BCUT2D eigenvalue weighted by atomic mass is 10.1. The molecule has 0 saturated carbocycles. The third-order valence-electron chi connectivity index (χ3n) is 8.31. The average molecular weight is 700 g/mol. The van der Waals surface area contributed by atoms with Crippen LogP contribution in [0.15, 0.2) is 93.7 Å². The fourth-order valence-electron chi connectivity index (χ4n) is 6.11. The van der Waals surface area contributed by atoms with Gasteiger partial charge in [-0.3, -0.25) is 28.9 Å². The van der Waals surface area contributed by atoms with Gasteiger partial charge < -0.3 is 9.84 Å². The highest BCUT2D eigenvalue weighted by molar-refractivity contribution is 9.10. The van der Waals surface area contributed by atoms with Crippen molar-refractivity contribution in [1.29, 1.82) is 0 Å². The van der Waals surface area contributed by atoms with Gasteiger partial charge in [0.25, 0.3) is 0 Å². The number of hydrogen-bond donors (Lipinski definition) is 1. The van der Waals surface area contributed by atoms with Gasteiger partial charge in [-0.05, 0) is 74.0 Å². The quantitative estimate of drug-likeness (QED) is 0.166. The van der Waals surface area contributed by atoms with Crippen LogP contribution in [0.25, 0.3) is 21.8 Å². The van der Waals surface area contributed by atoms with Gasteiger partial charge in [-0.25, -0.2) is 0 Å². The van der Waals surface area contributed by atoms with Crippen LogP contribution >= 0.6 is 27.7 Å². The van der Waals surface area contributed by atoms with Crippen LogP contribution in [0.4, 0.5) is 11.4 Å². The molecule has 4 heterocycles. The second kappa shape index (κ2) is 13.2. The molecule has 2 amide bonds. The van der Waals surface area contributed by atoms with Crippen molar-refractivity contribution < 1.29 is 19.4 Å². The number of aromatic nitrogens is 2. The van der Waals surface area contributed by atoms with Crippen molar-refractivity contribution in [3.05, 3.63) is 89.0 Å². The summed E-state index contributed by atoms with van der Waals surface area (Å²) in [4.78, 5) is 34.6. The Labute approximate surface area is 278 Å². The van der Waals surface area contributed by atoms with E-state index in [-0.39, 0.29) is 29.5 Å². The minimum Gasteiger partial charge on any atom is -0.493 e. The lowest BCUT2D eigenvalue weighted by Crippen LogP contribution is -2.31. The summed E-state index contributed by atoms with van der Waals surface area (Å²) in [5.74, 6) is 0.136. The zero-order valence-electron chi connectivity index (χ0n) is 24.9. The molecule has 2 fully saturated rings. The maximum absolute atomic E-state index is 13.1. The molecule has 0 radical (unpaired) electrons. The highest BCUT2D eigenvalue weighted by Crippen LogP contribution is 2.45. The number of anilines is 1. The third kappa shape index (κ3) is 6.00. The maximum atomic E-state index is 13.1. The molecule has 5 aromatic rings. The molecule has 1 unspecified atom stereocenters. The molecule has 12 heteroatoms. The van der Waals surface area contributed by atoms with Crippen LogP contribution in [0, 0.1) is 0 Å². The smallest absolute Gasteiger partial charge is 0.302 e. The number of amides is 2. The van der Waals surface area contributed by atoms with Crippen molar-refractivity contribution in [1.82, 2.24) is 14.5 Å². The first-order chi connectivity index (χ1) is 22.5. The number of rotatable bonds is 8. The van der Waals surface area contributed by atoms with E-state index >= 15 is 0 Å².